The predicted molar refractivity (Wildman–Crippen MR) is 231 cm³/mol. The molecule has 324 valence electrons. The number of hydrogen-bond donors (Lipinski definition) is 3. The van der Waals surface area contributed by atoms with Crippen molar-refractivity contribution < 1.29 is 23.9 Å². The third kappa shape index (κ3) is 6.54. The van der Waals surface area contributed by atoms with E-state index in [9.17, 15) is 24.3 Å². The quantitative estimate of drug-likeness (QED) is 0.139. The number of aromatic nitrogens is 5. The molecule has 5 aliphatic heterocycles. The first kappa shape index (κ1) is 39.5. The van der Waals surface area contributed by atoms with Crippen molar-refractivity contribution in [1.29, 1.82) is 0 Å². The lowest BCUT2D eigenvalue weighted by molar-refractivity contribution is -0.136. The van der Waals surface area contributed by atoms with Gasteiger partial charge in [-0.1, -0.05) is 25.1 Å². The molecule has 1 aliphatic carbocycles. The molecule has 11 rings (SSSR count). The van der Waals surface area contributed by atoms with Gasteiger partial charge in [0.1, 0.15) is 22.8 Å². The van der Waals surface area contributed by atoms with Crippen LogP contribution >= 0.6 is 0 Å². The highest BCUT2D eigenvalue weighted by Gasteiger charge is 2.44. The van der Waals surface area contributed by atoms with Crippen LogP contribution in [0.15, 0.2) is 66.1 Å². The average Bonchev–Trinajstić information content (AvgIpc) is 3.85. The van der Waals surface area contributed by atoms with Crippen molar-refractivity contribution in [2.75, 3.05) is 42.9 Å². The van der Waals surface area contributed by atoms with Gasteiger partial charge in [-0.15, -0.1) is 6.58 Å². The minimum Gasteiger partial charge on any atom is -0.384 e. The number of carbonyl (C=O) groups excluding carboxylic acids is 3. The van der Waals surface area contributed by atoms with E-state index in [2.05, 4.69) is 44.1 Å². The normalized spacial score (nSPS) is 22.8. The first-order valence-electron chi connectivity index (χ1n) is 21.9. The Balaban J connectivity index is 0.720. The van der Waals surface area contributed by atoms with Gasteiger partial charge in [0.05, 0.1) is 17.9 Å². The zero-order chi connectivity index (χ0) is 43.3. The predicted octanol–water partition coefficient (Wildman–Crippen LogP) is 3.28. The van der Waals surface area contributed by atoms with Gasteiger partial charge < -0.3 is 20.2 Å². The maximum Gasteiger partial charge on any atom is 0.278 e. The molecule has 3 aromatic heterocycles. The highest BCUT2D eigenvalue weighted by Crippen LogP contribution is 2.39. The number of pyridine rings is 1. The standard InChI is InChI=1S/C46H48FN11O5/c1-3-14-57-44(62)34-19-48-45(52-41(34)58(57)38-9-6-26-11-13-46(63,4-2)40(26)50-38)49-30-7-5-28-20-53(15-12-27(28)16-30)31-22-54(23-31)32-24-55(25-32)37-17-29-21-56(43(61)33(29)18-35(37)47)36-8-10-39(59)51-42(36)60/h3,5-7,9,16-19,31-32,36,63H,1,4,8,10-15,20-25H2,2H3,(H,48,49,52)(H,51,59,60)/t36?,46-/m1/s1. The zero-order valence-corrected chi connectivity index (χ0v) is 35.0. The Morgan fingerprint density at radius 3 is 2.54 bits per heavy atom. The van der Waals surface area contributed by atoms with E-state index in [0.717, 1.165) is 50.3 Å². The summed E-state index contributed by atoms with van der Waals surface area (Å²) in [6.45, 7) is 11.4. The number of halogens is 1. The number of likely N-dealkylation sites (tertiary alicyclic amines) is 1. The highest BCUT2D eigenvalue weighted by atomic mass is 19.1. The number of nitrogens with one attached hydrogen (secondary N) is 2. The van der Waals surface area contributed by atoms with Crippen LogP contribution in [0.4, 0.5) is 21.7 Å². The molecule has 6 aliphatic rings. The van der Waals surface area contributed by atoms with Gasteiger partial charge in [0.15, 0.2) is 11.5 Å². The van der Waals surface area contributed by atoms with Gasteiger partial charge in [-0.05, 0) is 84.7 Å². The Morgan fingerprint density at radius 1 is 0.937 bits per heavy atom. The summed E-state index contributed by atoms with van der Waals surface area (Å²) in [6, 6.07) is 13.3. The second kappa shape index (κ2) is 14.9. The van der Waals surface area contributed by atoms with Crippen LogP contribution < -0.4 is 21.1 Å². The third-order valence-corrected chi connectivity index (χ3v) is 14.2. The fourth-order valence-corrected chi connectivity index (χ4v) is 10.4. The van der Waals surface area contributed by atoms with E-state index >= 15 is 4.39 Å². The zero-order valence-electron chi connectivity index (χ0n) is 35.0. The van der Waals surface area contributed by atoms with Crippen molar-refractivity contribution in [1.82, 2.24) is 44.3 Å². The number of anilines is 3. The maximum absolute atomic E-state index is 15.4. The lowest BCUT2D eigenvalue weighted by Gasteiger charge is -2.55. The van der Waals surface area contributed by atoms with Crippen LogP contribution in [-0.2, 0) is 47.7 Å². The van der Waals surface area contributed by atoms with Crippen LogP contribution in [0.1, 0.15) is 70.9 Å². The molecule has 8 heterocycles. The average molecular weight is 854 g/mol. The molecular formula is C46H48FN11O5. The SMILES string of the molecule is C=CCn1c(=O)c2cnc(Nc3ccc4c(c3)CCN(C3CN(C5CN(c6cc7c(cc6F)C(=O)N(C6CCC(=O)NC6=O)C7)C5)C3)C4)nc2n1-c1ccc2c(n1)[C@@](O)(CC)CC2. The molecule has 5 aromatic rings. The van der Waals surface area contributed by atoms with Crippen LogP contribution in [0.3, 0.4) is 0 Å². The second-order valence-corrected chi connectivity index (χ2v) is 17.8. The Labute approximate surface area is 362 Å². The lowest BCUT2D eigenvalue weighted by atomic mass is 9.93. The molecule has 2 aromatic carbocycles. The van der Waals surface area contributed by atoms with Gasteiger partial charge in [0.2, 0.25) is 17.8 Å². The minimum absolute atomic E-state index is 0.172. The molecule has 3 fully saturated rings. The minimum atomic E-state index is -1.01. The summed E-state index contributed by atoms with van der Waals surface area (Å²) in [5.41, 5.74) is 5.69. The number of carbonyl (C=O) groups is 3. The molecule has 0 radical (unpaired) electrons. The van der Waals surface area contributed by atoms with Gasteiger partial charge in [0.25, 0.3) is 11.5 Å². The van der Waals surface area contributed by atoms with E-state index in [1.54, 1.807) is 27.7 Å². The van der Waals surface area contributed by atoms with Gasteiger partial charge in [-0.25, -0.2) is 23.7 Å². The number of amides is 3. The molecule has 16 nitrogen and oxygen atoms in total. The number of imide groups is 1. The maximum atomic E-state index is 15.4. The number of piperidine rings is 1. The summed E-state index contributed by atoms with van der Waals surface area (Å²) in [7, 11) is 0. The van der Waals surface area contributed by atoms with Gasteiger partial charge in [-0.3, -0.25) is 34.3 Å². The summed E-state index contributed by atoms with van der Waals surface area (Å²) in [5.74, 6) is -0.784. The van der Waals surface area contributed by atoms with Crippen molar-refractivity contribution in [2.45, 2.75) is 88.8 Å². The summed E-state index contributed by atoms with van der Waals surface area (Å²) in [5, 5.41) is 17.3. The first-order valence-corrected chi connectivity index (χ1v) is 21.9. The smallest absolute Gasteiger partial charge is 0.278 e. The van der Waals surface area contributed by atoms with Crippen LogP contribution in [0, 0.1) is 5.82 Å². The summed E-state index contributed by atoms with van der Waals surface area (Å²) in [6.07, 6.45) is 6.46. The van der Waals surface area contributed by atoms with E-state index in [-0.39, 0.29) is 48.9 Å². The van der Waals surface area contributed by atoms with Crippen molar-refractivity contribution in [3.05, 3.63) is 111 Å². The topological polar surface area (TPSA) is 174 Å². The summed E-state index contributed by atoms with van der Waals surface area (Å²) in [4.78, 5) is 73.6. The Kier molecular flexibility index (Phi) is 9.36. The molecule has 0 spiro atoms. The number of aliphatic hydroxyl groups is 1. The molecule has 3 amide bonds. The number of hydrogen-bond acceptors (Lipinski definition) is 12. The number of benzene rings is 2. The Morgan fingerprint density at radius 2 is 1.75 bits per heavy atom. The third-order valence-electron chi connectivity index (χ3n) is 14.2. The number of allylic oxidation sites excluding steroid dienone is 1. The summed E-state index contributed by atoms with van der Waals surface area (Å²) >= 11 is 0. The van der Waals surface area contributed by atoms with E-state index in [0.29, 0.717) is 77.8 Å². The van der Waals surface area contributed by atoms with E-state index < -0.39 is 23.4 Å². The monoisotopic (exact) mass is 853 g/mol. The van der Waals surface area contributed by atoms with Gasteiger partial charge in [-0.2, -0.15) is 4.98 Å². The fraction of sp³-hybridized carbons (Fsp3) is 0.413. The van der Waals surface area contributed by atoms with Crippen molar-refractivity contribution in [3.63, 3.8) is 0 Å². The lowest BCUT2D eigenvalue weighted by Crippen LogP contribution is -2.70. The molecule has 2 atom stereocenters. The van der Waals surface area contributed by atoms with Crippen molar-refractivity contribution in [3.8, 4) is 5.82 Å². The molecule has 3 saturated heterocycles. The number of fused-ring (bicyclic) bond motifs is 4. The molecule has 0 bridgehead atoms. The first-order chi connectivity index (χ1) is 30.5. The molecular weight excluding hydrogens is 806 g/mol. The molecule has 1 unspecified atom stereocenters. The highest BCUT2D eigenvalue weighted by molar-refractivity contribution is 6.05. The van der Waals surface area contributed by atoms with Crippen LogP contribution in [-0.4, -0.2) is 113 Å². The van der Waals surface area contributed by atoms with Gasteiger partial charge in [0, 0.05) is 81.8 Å². The molecule has 0 saturated carbocycles. The number of rotatable bonds is 10. The Hall–Kier alpha value is -6.30. The fourth-order valence-electron chi connectivity index (χ4n) is 10.4. The molecule has 63 heavy (non-hydrogen) atoms. The van der Waals surface area contributed by atoms with Crippen LogP contribution in [0.25, 0.3) is 16.9 Å². The molecule has 3 N–H and O–H groups in total. The summed E-state index contributed by atoms with van der Waals surface area (Å²) < 4.78 is 18.7. The number of nitrogens with zero attached hydrogens (tertiary/aromatic N) is 9. The number of aryl methyl sites for hydroxylation is 1. The van der Waals surface area contributed by atoms with E-state index in [4.69, 9.17) is 9.97 Å². The van der Waals surface area contributed by atoms with Gasteiger partial charge >= 0.3 is 0 Å². The van der Waals surface area contributed by atoms with Crippen molar-refractivity contribution >= 4 is 46.1 Å². The van der Waals surface area contributed by atoms with E-state index in [1.807, 2.05) is 30.0 Å². The van der Waals surface area contributed by atoms with Crippen LogP contribution in [0.2, 0.25) is 0 Å². The Bertz CT molecular complexity index is 2830. The van der Waals surface area contributed by atoms with Crippen molar-refractivity contribution in [2.24, 2.45) is 0 Å². The second-order valence-electron chi connectivity index (χ2n) is 17.8. The van der Waals surface area contributed by atoms with E-state index in [1.165, 1.54) is 22.1 Å². The molecule has 17 heteroatoms. The van der Waals surface area contributed by atoms with Crippen LogP contribution in [0.5, 0.6) is 0 Å². The largest absolute Gasteiger partial charge is 0.384 e.